The fourth-order valence-electron chi connectivity index (χ4n) is 4.45. The van der Waals surface area contributed by atoms with Crippen LogP contribution in [0.3, 0.4) is 0 Å². The molecule has 3 aromatic heterocycles. The predicted molar refractivity (Wildman–Crippen MR) is 140 cm³/mol. The number of rotatable bonds is 8. The van der Waals surface area contributed by atoms with Gasteiger partial charge >= 0.3 is 0 Å². The van der Waals surface area contributed by atoms with Gasteiger partial charge in [-0.1, -0.05) is 30.3 Å². The molecule has 2 atom stereocenters. The van der Waals surface area contributed by atoms with Gasteiger partial charge in [-0.05, 0) is 73.6 Å². The van der Waals surface area contributed by atoms with E-state index in [0.29, 0.717) is 0 Å². The number of benzene rings is 1. The molecule has 172 valence electrons. The first kappa shape index (κ1) is 22.1. The Labute approximate surface area is 205 Å². The number of para-hydroxylation sites is 1. The summed E-state index contributed by atoms with van der Waals surface area (Å²) in [6.07, 6.45) is 6.76. The van der Waals surface area contributed by atoms with Crippen LogP contribution in [0.1, 0.15) is 35.5 Å². The van der Waals surface area contributed by atoms with Crippen molar-refractivity contribution in [3.8, 4) is 5.82 Å². The van der Waals surface area contributed by atoms with E-state index in [1.165, 1.54) is 0 Å². The molecular formula is C27H28N6S. The van der Waals surface area contributed by atoms with Crippen molar-refractivity contribution >= 4 is 23.0 Å². The zero-order chi connectivity index (χ0) is 23.3. The van der Waals surface area contributed by atoms with E-state index >= 15 is 0 Å². The van der Waals surface area contributed by atoms with Crippen LogP contribution in [0, 0.1) is 6.92 Å². The number of anilines is 1. The third kappa shape index (κ3) is 4.65. The van der Waals surface area contributed by atoms with Crippen molar-refractivity contribution in [3.63, 3.8) is 0 Å². The lowest BCUT2D eigenvalue weighted by Crippen LogP contribution is -2.32. The Morgan fingerprint density at radius 2 is 1.82 bits per heavy atom. The van der Waals surface area contributed by atoms with Gasteiger partial charge in [-0.3, -0.25) is 4.98 Å². The summed E-state index contributed by atoms with van der Waals surface area (Å²) < 4.78 is 2.16. The normalized spacial score (nSPS) is 17.6. The van der Waals surface area contributed by atoms with Crippen LogP contribution in [-0.4, -0.2) is 37.6 Å². The standard InChI is InChI=1S/C27H28N6S/c1-20-13-14-24(30-19-20)32-17-7-12-23(32)26-25(22-11-5-6-15-29-22)31-27(34)33(26)18-8-16-28-21-9-3-2-4-10-21/h2-7,9-15,17,19,25-26,28H,8,16,18H2,1H3,(H,31,34)/t25-,26+/m1/s1. The molecule has 0 saturated carbocycles. The number of aryl methyl sites for hydroxylation is 1. The third-order valence-electron chi connectivity index (χ3n) is 6.10. The summed E-state index contributed by atoms with van der Waals surface area (Å²) in [5.74, 6) is 0.897. The molecule has 34 heavy (non-hydrogen) atoms. The molecule has 4 heterocycles. The third-order valence-corrected chi connectivity index (χ3v) is 6.45. The highest BCUT2D eigenvalue weighted by molar-refractivity contribution is 7.80. The molecule has 0 radical (unpaired) electrons. The topological polar surface area (TPSA) is 58.0 Å². The van der Waals surface area contributed by atoms with Crippen LogP contribution in [0.25, 0.3) is 5.82 Å². The second-order valence-electron chi connectivity index (χ2n) is 8.46. The van der Waals surface area contributed by atoms with Gasteiger partial charge in [0.1, 0.15) is 5.82 Å². The SMILES string of the molecule is Cc1ccc(-n2cccc2[C@H]2[C@@H](c3ccccn3)NC(=S)N2CCCNc2ccccc2)nc1. The second kappa shape index (κ2) is 10.1. The van der Waals surface area contributed by atoms with Crippen molar-refractivity contribution in [1.29, 1.82) is 0 Å². The Morgan fingerprint density at radius 3 is 2.59 bits per heavy atom. The number of hydrogen-bond acceptors (Lipinski definition) is 4. The Balaban J connectivity index is 1.42. The van der Waals surface area contributed by atoms with Crippen LogP contribution in [0.4, 0.5) is 5.69 Å². The first-order valence-corrected chi connectivity index (χ1v) is 12.0. The Bertz CT molecular complexity index is 1220. The Hall–Kier alpha value is -3.71. The summed E-state index contributed by atoms with van der Waals surface area (Å²) >= 11 is 5.83. The molecule has 0 unspecified atom stereocenters. The summed E-state index contributed by atoms with van der Waals surface area (Å²) in [7, 11) is 0. The van der Waals surface area contributed by atoms with E-state index in [1.807, 2.05) is 42.7 Å². The zero-order valence-electron chi connectivity index (χ0n) is 19.1. The molecule has 5 rings (SSSR count). The Morgan fingerprint density at radius 1 is 0.971 bits per heavy atom. The zero-order valence-corrected chi connectivity index (χ0v) is 19.9. The second-order valence-corrected chi connectivity index (χ2v) is 8.85. The summed E-state index contributed by atoms with van der Waals surface area (Å²) in [6, 6.07) is 24.6. The fourth-order valence-corrected chi connectivity index (χ4v) is 4.78. The minimum atomic E-state index is -0.0464. The van der Waals surface area contributed by atoms with Crippen LogP contribution >= 0.6 is 12.2 Å². The molecule has 7 heteroatoms. The van der Waals surface area contributed by atoms with E-state index in [0.717, 1.165) is 53.1 Å². The monoisotopic (exact) mass is 468 g/mol. The van der Waals surface area contributed by atoms with Crippen LogP contribution in [0.2, 0.25) is 0 Å². The lowest BCUT2D eigenvalue weighted by Gasteiger charge is -2.29. The van der Waals surface area contributed by atoms with Gasteiger partial charge in [-0.15, -0.1) is 0 Å². The summed E-state index contributed by atoms with van der Waals surface area (Å²) in [4.78, 5) is 11.6. The summed E-state index contributed by atoms with van der Waals surface area (Å²) in [6.45, 7) is 3.74. The van der Waals surface area contributed by atoms with Crippen molar-refractivity contribution in [1.82, 2.24) is 24.8 Å². The highest BCUT2D eigenvalue weighted by Crippen LogP contribution is 2.39. The lowest BCUT2D eigenvalue weighted by molar-refractivity contribution is 0.307. The fraction of sp³-hybridized carbons (Fsp3) is 0.222. The van der Waals surface area contributed by atoms with Crippen molar-refractivity contribution < 1.29 is 0 Å². The molecule has 0 aliphatic carbocycles. The van der Waals surface area contributed by atoms with Gasteiger partial charge in [0, 0.05) is 43.1 Å². The van der Waals surface area contributed by atoms with Crippen molar-refractivity contribution in [2.75, 3.05) is 18.4 Å². The van der Waals surface area contributed by atoms with Gasteiger partial charge in [0.2, 0.25) is 0 Å². The van der Waals surface area contributed by atoms with E-state index in [9.17, 15) is 0 Å². The molecular weight excluding hydrogens is 440 g/mol. The average Bonchev–Trinajstić information content (AvgIpc) is 3.48. The van der Waals surface area contributed by atoms with E-state index in [1.54, 1.807) is 0 Å². The van der Waals surface area contributed by atoms with Crippen molar-refractivity contribution in [2.45, 2.75) is 25.4 Å². The van der Waals surface area contributed by atoms with E-state index in [2.05, 4.69) is 85.7 Å². The molecule has 1 fully saturated rings. The molecule has 0 amide bonds. The van der Waals surface area contributed by atoms with Gasteiger partial charge in [-0.25, -0.2) is 4.98 Å². The van der Waals surface area contributed by atoms with Gasteiger partial charge in [0.25, 0.3) is 0 Å². The number of pyridine rings is 2. The van der Waals surface area contributed by atoms with Gasteiger partial charge in [0.05, 0.1) is 17.8 Å². The van der Waals surface area contributed by atoms with E-state index in [-0.39, 0.29) is 12.1 Å². The average molecular weight is 469 g/mol. The van der Waals surface area contributed by atoms with Gasteiger partial charge in [-0.2, -0.15) is 0 Å². The van der Waals surface area contributed by atoms with Crippen LogP contribution in [0.15, 0.2) is 91.4 Å². The number of hydrogen-bond donors (Lipinski definition) is 2. The maximum Gasteiger partial charge on any atom is 0.170 e. The molecule has 2 N–H and O–H groups in total. The number of thiocarbonyl (C=S) groups is 1. The quantitative estimate of drug-likeness (QED) is 0.279. The molecule has 1 aliphatic heterocycles. The molecule has 6 nitrogen and oxygen atoms in total. The van der Waals surface area contributed by atoms with Crippen LogP contribution in [-0.2, 0) is 0 Å². The van der Waals surface area contributed by atoms with E-state index < -0.39 is 0 Å². The molecule has 1 aliphatic rings. The van der Waals surface area contributed by atoms with Crippen molar-refractivity contribution in [2.24, 2.45) is 0 Å². The molecule has 0 bridgehead atoms. The number of nitrogens with zero attached hydrogens (tertiary/aromatic N) is 4. The summed E-state index contributed by atoms with van der Waals surface area (Å²) in [5.41, 5.74) is 4.38. The highest BCUT2D eigenvalue weighted by Gasteiger charge is 2.41. The number of nitrogens with one attached hydrogen (secondary N) is 2. The molecule has 4 aromatic rings. The minimum Gasteiger partial charge on any atom is -0.385 e. The predicted octanol–water partition coefficient (Wildman–Crippen LogP) is 5.05. The highest BCUT2D eigenvalue weighted by atomic mass is 32.1. The smallest absolute Gasteiger partial charge is 0.170 e. The molecule has 1 aromatic carbocycles. The minimum absolute atomic E-state index is 0.00257. The first-order chi connectivity index (χ1) is 16.7. The molecule has 0 spiro atoms. The Kier molecular flexibility index (Phi) is 6.53. The van der Waals surface area contributed by atoms with Crippen molar-refractivity contribution in [3.05, 3.63) is 108 Å². The van der Waals surface area contributed by atoms with Crippen LogP contribution in [0.5, 0.6) is 0 Å². The summed E-state index contributed by atoms with van der Waals surface area (Å²) in [5, 5.41) is 7.80. The number of aromatic nitrogens is 3. The largest absolute Gasteiger partial charge is 0.385 e. The van der Waals surface area contributed by atoms with E-state index in [4.69, 9.17) is 12.2 Å². The maximum absolute atomic E-state index is 5.83. The van der Waals surface area contributed by atoms with Crippen LogP contribution < -0.4 is 10.6 Å². The molecule has 1 saturated heterocycles. The lowest BCUT2D eigenvalue weighted by atomic mass is 10.0. The maximum atomic E-state index is 5.83. The first-order valence-electron chi connectivity index (χ1n) is 11.6. The van der Waals surface area contributed by atoms with Gasteiger partial charge < -0.3 is 20.1 Å². The van der Waals surface area contributed by atoms with Gasteiger partial charge in [0.15, 0.2) is 5.11 Å².